The first-order valence-corrected chi connectivity index (χ1v) is 12.8. The van der Waals surface area contributed by atoms with Gasteiger partial charge in [-0.2, -0.15) is 0 Å². The molecule has 1 aromatic heterocycles. The van der Waals surface area contributed by atoms with Crippen LogP contribution in [0.4, 0.5) is 5.69 Å². The van der Waals surface area contributed by atoms with Gasteiger partial charge in [0.2, 0.25) is 5.76 Å². The molecule has 2 heterocycles. The normalized spacial score (nSPS) is 23.2. The van der Waals surface area contributed by atoms with Gasteiger partial charge in [-0.15, -0.1) is 0 Å². The Hall–Kier alpha value is -2.76. The molecular weight excluding hydrogens is 480 g/mol. The quantitative estimate of drug-likeness (QED) is 0.360. The zero-order chi connectivity index (χ0) is 26.2. The van der Waals surface area contributed by atoms with E-state index in [-0.39, 0.29) is 43.7 Å². The van der Waals surface area contributed by atoms with Gasteiger partial charge in [-0.05, 0) is 36.8 Å². The third-order valence-corrected chi connectivity index (χ3v) is 6.89. The van der Waals surface area contributed by atoms with Crippen LogP contribution in [0.15, 0.2) is 40.8 Å². The molecule has 3 N–H and O–H groups in total. The topological polar surface area (TPSA) is 131 Å². The lowest BCUT2D eigenvalue weighted by atomic mass is 9.95. The largest absolute Gasteiger partial charge is 0.458 e. The number of esters is 1. The van der Waals surface area contributed by atoms with Gasteiger partial charge >= 0.3 is 5.97 Å². The number of benzene rings is 1. The lowest BCUT2D eigenvalue weighted by molar-refractivity contribution is -0.121. The second-order valence-electron chi connectivity index (χ2n) is 9.56. The van der Waals surface area contributed by atoms with E-state index in [1.807, 2.05) is 24.3 Å². The number of furan rings is 1. The SMILES string of the molecule is CC(O)c1cccc(NC[C@H]2C(=O)CC(O)[C@@H]2COCc2ccc(C(=O)OCCN3CCOCC3)o2)c1. The first-order valence-electron chi connectivity index (χ1n) is 12.8. The van der Waals surface area contributed by atoms with E-state index in [4.69, 9.17) is 18.6 Å². The Morgan fingerprint density at radius 2 is 2.05 bits per heavy atom. The van der Waals surface area contributed by atoms with Crippen LogP contribution in [-0.2, 0) is 25.6 Å². The summed E-state index contributed by atoms with van der Waals surface area (Å²) in [6, 6.07) is 10.6. The number of ketones is 1. The van der Waals surface area contributed by atoms with Gasteiger partial charge in [0.15, 0.2) is 0 Å². The summed E-state index contributed by atoms with van der Waals surface area (Å²) >= 11 is 0. The number of aliphatic hydroxyl groups is 2. The van der Waals surface area contributed by atoms with Gasteiger partial charge < -0.3 is 34.2 Å². The third-order valence-electron chi connectivity index (χ3n) is 6.89. The molecule has 0 spiro atoms. The fourth-order valence-corrected chi connectivity index (χ4v) is 4.67. The molecular formula is C27H36N2O8. The monoisotopic (exact) mass is 516 g/mol. The van der Waals surface area contributed by atoms with Crippen LogP contribution in [0.5, 0.6) is 0 Å². The molecule has 2 aromatic rings. The summed E-state index contributed by atoms with van der Waals surface area (Å²) in [6.07, 6.45) is -1.27. The first kappa shape index (κ1) is 27.3. The molecule has 2 fully saturated rings. The van der Waals surface area contributed by atoms with E-state index in [2.05, 4.69) is 10.2 Å². The Morgan fingerprint density at radius 1 is 1.24 bits per heavy atom. The minimum atomic E-state index is -0.781. The van der Waals surface area contributed by atoms with Crippen LogP contribution in [0.2, 0.25) is 0 Å². The van der Waals surface area contributed by atoms with E-state index in [9.17, 15) is 19.8 Å². The van der Waals surface area contributed by atoms with E-state index in [1.54, 1.807) is 19.1 Å². The number of aliphatic hydroxyl groups excluding tert-OH is 2. The molecule has 37 heavy (non-hydrogen) atoms. The number of anilines is 1. The van der Waals surface area contributed by atoms with E-state index < -0.39 is 24.1 Å². The maximum atomic E-state index is 12.5. The Kier molecular flexibility index (Phi) is 9.70. The van der Waals surface area contributed by atoms with Crippen molar-refractivity contribution in [3.8, 4) is 0 Å². The number of nitrogens with one attached hydrogen (secondary N) is 1. The second kappa shape index (κ2) is 13.2. The number of rotatable bonds is 12. The molecule has 0 amide bonds. The Bertz CT molecular complexity index is 1030. The highest BCUT2D eigenvalue weighted by Gasteiger charge is 2.41. The Labute approximate surface area is 216 Å². The molecule has 10 nitrogen and oxygen atoms in total. The molecule has 0 radical (unpaired) electrons. The number of nitrogens with zero attached hydrogens (tertiary/aromatic N) is 1. The van der Waals surface area contributed by atoms with Crippen molar-refractivity contribution >= 4 is 17.4 Å². The van der Waals surface area contributed by atoms with Crippen molar-refractivity contribution in [3.05, 3.63) is 53.5 Å². The predicted molar refractivity (Wildman–Crippen MR) is 134 cm³/mol. The summed E-state index contributed by atoms with van der Waals surface area (Å²) in [5.41, 5.74) is 1.58. The second-order valence-corrected chi connectivity index (χ2v) is 9.56. The molecule has 1 saturated heterocycles. The van der Waals surface area contributed by atoms with Gasteiger partial charge in [0.05, 0.1) is 32.0 Å². The molecule has 10 heteroatoms. The van der Waals surface area contributed by atoms with Crippen LogP contribution in [0, 0.1) is 11.8 Å². The summed E-state index contributed by atoms with van der Waals surface area (Å²) in [6.45, 7) is 6.29. The average molecular weight is 517 g/mol. The lowest BCUT2D eigenvalue weighted by Gasteiger charge is -2.25. The van der Waals surface area contributed by atoms with Gasteiger partial charge in [-0.3, -0.25) is 9.69 Å². The zero-order valence-electron chi connectivity index (χ0n) is 21.1. The smallest absolute Gasteiger partial charge is 0.374 e. The van der Waals surface area contributed by atoms with Crippen LogP contribution in [0.3, 0.4) is 0 Å². The number of carbonyl (C=O) groups excluding carboxylic acids is 2. The predicted octanol–water partition coefficient (Wildman–Crippen LogP) is 2.02. The van der Waals surface area contributed by atoms with Crippen molar-refractivity contribution in [2.24, 2.45) is 11.8 Å². The number of ether oxygens (including phenoxy) is 3. The minimum Gasteiger partial charge on any atom is -0.458 e. The van der Waals surface area contributed by atoms with Gasteiger partial charge in [-0.1, -0.05) is 12.1 Å². The molecule has 4 rings (SSSR count). The molecule has 4 atom stereocenters. The fraction of sp³-hybridized carbons (Fsp3) is 0.556. The van der Waals surface area contributed by atoms with Crippen LogP contribution in [0.25, 0.3) is 0 Å². The lowest BCUT2D eigenvalue weighted by Crippen LogP contribution is -2.38. The number of hydrogen-bond donors (Lipinski definition) is 3. The average Bonchev–Trinajstić information content (AvgIpc) is 3.47. The molecule has 202 valence electrons. The molecule has 1 aliphatic carbocycles. The van der Waals surface area contributed by atoms with E-state index in [0.29, 0.717) is 32.1 Å². The first-order chi connectivity index (χ1) is 17.9. The summed E-state index contributed by atoms with van der Waals surface area (Å²) in [5, 5.41) is 23.5. The zero-order valence-corrected chi connectivity index (χ0v) is 21.1. The van der Waals surface area contributed by atoms with Crippen LogP contribution >= 0.6 is 0 Å². The van der Waals surface area contributed by atoms with E-state index in [1.165, 1.54) is 0 Å². The minimum absolute atomic E-state index is 0.0135. The van der Waals surface area contributed by atoms with Gasteiger partial charge in [0.25, 0.3) is 0 Å². The molecule has 2 aliphatic rings. The Morgan fingerprint density at radius 3 is 2.84 bits per heavy atom. The Balaban J connectivity index is 1.22. The highest BCUT2D eigenvalue weighted by atomic mass is 16.5. The van der Waals surface area contributed by atoms with Gasteiger partial charge in [0.1, 0.15) is 24.8 Å². The summed E-state index contributed by atoms with van der Waals surface area (Å²) in [5.74, 6) is -0.734. The molecule has 1 saturated carbocycles. The van der Waals surface area contributed by atoms with Crippen molar-refractivity contribution in [2.75, 3.05) is 57.9 Å². The third kappa shape index (κ3) is 7.62. The van der Waals surface area contributed by atoms with Crippen LogP contribution in [-0.4, -0.2) is 85.6 Å². The van der Waals surface area contributed by atoms with Crippen molar-refractivity contribution in [2.45, 2.75) is 32.2 Å². The highest BCUT2D eigenvalue weighted by molar-refractivity contribution is 5.86. The van der Waals surface area contributed by atoms with Crippen molar-refractivity contribution in [1.29, 1.82) is 0 Å². The number of carbonyl (C=O) groups is 2. The molecule has 1 aromatic carbocycles. The van der Waals surface area contributed by atoms with Crippen molar-refractivity contribution in [3.63, 3.8) is 0 Å². The fourth-order valence-electron chi connectivity index (χ4n) is 4.67. The number of Topliss-reactive ketones (excluding diaryl/α,β-unsaturated/α-hetero) is 1. The van der Waals surface area contributed by atoms with Crippen molar-refractivity contribution < 1.29 is 38.4 Å². The summed E-state index contributed by atoms with van der Waals surface area (Å²) in [7, 11) is 0. The maximum absolute atomic E-state index is 12.5. The summed E-state index contributed by atoms with van der Waals surface area (Å²) < 4.78 is 22.0. The van der Waals surface area contributed by atoms with E-state index in [0.717, 1.165) is 24.3 Å². The number of hydrogen-bond acceptors (Lipinski definition) is 10. The number of morpholine rings is 1. The van der Waals surface area contributed by atoms with Crippen LogP contribution < -0.4 is 5.32 Å². The van der Waals surface area contributed by atoms with Crippen LogP contribution in [0.1, 0.15) is 41.3 Å². The highest BCUT2D eigenvalue weighted by Crippen LogP contribution is 2.30. The van der Waals surface area contributed by atoms with Gasteiger partial charge in [0, 0.05) is 50.1 Å². The standard InChI is InChI=1S/C27H36N2O8/c1-18(30)19-3-2-4-20(13-19)28-15-22-23(25(32)14-24(22)31)17-35-16-21-5-6-26(37-21)27(33)36-12-9-29-7-10-34-11-8-29/h2-6,13,18,22-23,25,28,30,32H,7-12,14-17H2,1H3/t18?,22-,23-,25?/m1/s1. The van der Waals surface area contributed by atoms with Crippen molar-refractivity contribution in [1.82, 2.24) is 4.90 Å². The van der Waals surface area contributed by atoms with E-state index >= 15 is 0 Å². The molecule has 2 unspecified atom stereocenters. The molecule has 0 bridgehead atoms. The maximum Gasteiger partial charge on any atom is 0.374 e. The molecule has 1 aliphatic heterocycles. The van der Waals surface area contributed by atoms with Gasteiger partial charge in [-0.25, -0.2) is 4.79 Å². The summed E-state index contributed by atoms with van der Waals surface area (Å²) in [4.78, 5) is 27.0.